The van der Waals surface area contributed by atoms with Crippen LogP contribution in [0, 0.1) is 0 Å². The molecule has 2 aromatic heterocycles. The first-order chi connectivity index (χ1) is 12.4. The van der Waals surface area contributed by atoms with Gasteiger partial charge in [-0.05, 0) is 37.8 Å². The maximum atomic E-state index is 4.38. The van der Waals surface area contributed by atoms with Crippen LogP contribution in [0.25, 0.3) is 11.0 Å². The van der Waals surface area contributed by atoms with Crippen LogP contribution in [0.15, 0.2) is 42.9 Å². The molecule has 1 aromatic carbocycles. The number of nitrogens with one attached hydrogen (secondary N) is 2. The first-order valence-electron chi connectivity index (χ1n) is 9.05. The fourth-order valence-corrected chi connectivity index (χ4v) is 3.53. The van der Waals surface area contributed by atoms with Crippen LogP contribution in [-0.4, -0.2) is 50.7 Å². The molecule has 3 heterocycles. The van der Waals surface area contributed by atoms with E-state index < -0.39 is 0 Å². The Morgan fingerprint density at radius 1 is 1.12 bits per heavy atom. The molecule has 25 heavy (non-hydrogen) atoms. The molecule has 0 saturated carbocycles. The number of nitrogens with zero attached hydrogens (tertiary/aromatic N) is 4. The number of rotatable bonds is 6. The lowest BCUT2D eigenvalue weighted by Crippen LogP contribution is -2.39. The van der Waals surface area contributed by atoms with Crippen molar-refractivity contribution in [1.82, 2.24) is 25.1 Å². The van der Waals surface area contributed by atoms with Crippen LogP contribution in [0.4, 0.5) is 5.82 Å². The predicted octanol–water partition coefficient (Wildman–Crippen LogP) is 2.86. The van der Waals surface area contributed by atoms with Crippen LogP contribution >= 0.6 is 0 Å². The molecule has 6 nitrogen and oxygen atoms in total. The van der Waals surface area contributed by atoms with Crippen LogP contribution in [0.5, 0.6) is 0 Å². The molecule has 1 aliphatic rings. The molecule has 1 saturated heterocycles. The number of aryl methyl sites for hydroxylation is 1. The van der Waals surface area contributed by atoms with E-state index in [1.807, 2.05) is 0 Å². The van der Waals surface area contributed by atoms with Gasteiger partial charge in [0.25, 0.3) is 0 Å². The number of likely N-dealkylation sites (tertiary alicyclic amines) is 1. The van der Waals surface area contributed by atoms with Crippen molar-refractivity contribution in [3.05, 3.63) is 48.4 Å². The number of fused-ring (bicyclic) bond motifs is 1. The fourth-order valence-electron chi connectivity index (χ4n) is 3.53. The summed E-state index contributed by atoms with van der Waals surface area (Å²) in [5.74, 6) is 0.890. The van der Waals surface area contributed by atoms with E-state index in [9.17, 15) is 0 Å². The first kappa shape index (κ1) is 16.0. The molecule has 0 bridgehead atoms. The number of aromatic nitrogens is 4. The molecule has 4 rings (SSSR count). The van der Waals surface area contributed by atoms with Crippen LogP contribution in [-0.2, 0) is 6.42 Å². The van der Waals surface area contributed by atoms with Gasteiger partial charge in [-0.1, -0.05) is 30.3 Å². The number of anilines is 1. The SMILES string of the molecule is c1ccc(CCCN2CCC(Nc3ncnc4[nH]ncc34)CC2)cc1. The van der Waals surface area contributed by atoms with Gasteiger partial charge in [0.15, 0.2) is 5.65 Å². The normalized spacial score (nSPS) is 16.3. The Kier molecular flexibility index (Phi) is 4.88. The van der Waals surface area contributed by atoms with Crippen LogP contribution in [0.2, 0.25) is 0 Å². The minimum Gasteiger partial charge on any atom is -0.367 e. The second-order valence-electron chi connectivity index (χ2n) is 6.70. The van der Waals surface area contributed by atoms with Gasteiger partial charge in [0, 0.05) is 19.1 Å². The number of H-pyrrole nitrogens is 1. The van der Waals surface area contributed by atoms with Crippen molar-refractivity contribution < 1.29 is 0 Å². The Morgan fingerprint density at radius 2 is 1.96 bits per heavy atom. The van der Waals surface area contributed by atoms with E-state index in [0.29, 0.717) is 6.04 Å². The maximum absolute atomic E-state index is 4.38. The molecule has 0 amide bonds. The summed E-state index contributed by atoms with van der Waals surface area (Å²) in [7, 11) is 0. The van der Waals surface area contributed by atoms with E-state index >= 15 is 0 Å². The Hall–Kier alpha value is -2.47. The van der Waals surface area contributed by atoms with Crippen molar-refractivity contribution in [3.63, 3.8) is 0 Å². The van der Waals surface area contributed by atoms with Crippen molar-refractivity contribution in [2.75, 3.05) is 25.0 Å². The van der Waals surface area contributed by atoms with E-state index in [4.69, 9.17) is 0 Å². The van der Waals surface area contributed by atoms with E-state index in [2.05, 4.69) is 60.7 Å². The van der Waals surface area contributed by atoms with Crippen LogP contribution < -0.4 is 5.32 Å². The molecule has 0 atom stereocenters. The molecular formula is C19H24N6. The van der Waals surface area contributed by atoms with Gasteiger partial charge in [-0.25, -0.2) is 9.97 Å². The Morgan fingerprint density at radius 3 is 2.80 bits per heavy atom. The van der Waals surface area contributed by atoms with Gasteiger partial charge in [-0.15, -0.1) is 0 Å². The highest BCUT2D eigenvalue weighted by Crippen LogP contribution is 2.21. The average Bonchev–Trinajstić information content (AvgIpc) is 3.14. The third kappa shape index (κ3) is 3.96. The van der Waals surface area contributed by atoms with Crippen LogP contribution in [0.3, 0.4) is 0 Å². The standard InChI is InChI=1S/C19H24N6/c1-2-5-15(6-3-1)7-4-10-25-11-8-16(9-12-25)23-18-17-13-22-24-19(17)21-14-20-18/h1-3,5-6,13-14,16H,4,7-12H2,(H2,20,21,22,23,24). The molecule has 0 radical (unpaired) electrons. The summed E-state index contributed by atoms with van der Waals surface area (Å²) in [5.41, 5.74) is 2.22. The highest BCUT2D eigenvalue weighted by atomic mass is 15.2. The zero-order valence-corrected chi connectivity index (χ0v) is 14.4. The average molecular weight is 336 g/mol. The lowest BCUT2D eigenvalue weighted by Gasteiger charge is -2.32. The summed E-state index contributed by atoms with van der Waals surface area (Å²) in [4.78, 5) is 11.1. The summed E-state index contributed by atoms with van der Waals surface area (Å²) >= 11 is 0. The van der Waals surface area contributed by atoms with E-state index in [1.54, 1.807) is 12.5 Å². The van der Waals surface area contributed by atoms with Crippen molar-refractivity contribution in [3.8, 4) is 0 Å². The number of hydrogen-bond donors (Lipinski definition) is 2. The zero-order chi connectivity index (χ0) is 16.9. The summed E-state index contributed by atoms with van der Waals surface area (Å²) < 4.78 is 0. The van der Waals surface area contributed by atoms with Gasteiger partial charge in [-0.2, -0.15) is 5.10 Å². The molecule has 0 aliphatic carbocycles. The molecule has 130 valence electrons. The van der Waals surface area contributed by atoms with E-state index in [1.165, 1.54) is 24.9 Å². The predicted molar refractivity (Wildman–Crippen MR) is 99.5 cm³/mol. The number of hydrogen-bond acceptors (Lipinski definition) is 5. The number of aromatic amines is 1. The summed E-state index contributed by atoms with van der Waals surface area (Å²) in [6, 6.07) is 11.2. The highest BCUT2D eigenvalue weighted by Gasteiger charge is 2.20. The van der Waals surface area contributed by atoms with Gasteiger partial charge in [0.05, 0.1) is 11.6 Å². The molecular weight excluding hydrogens is 312 g/mol. The smallest absolute Gasteiger partial charge is 0.160 e. The molecule has 2 N–H and O–H groups in total. The second kappa shape index (κ2) is 7.61. The Balaban J connectivity index is 1.24. The molecule has 0 spiro atoms. The summed E-state index contributed by atoms with van der Waals surface area (Å²) in [6.07, 6.45) is 8.06. The van der Waals surface area contributed by atoms with Crippen molar-refractivity contribution >= 4 is 16.9 Å². The minimum atomic E-state index is 0.471. The summed E-state index contributed by atoms with van der Waals surface area (Å²) in [6.45, 7) is 3.47. The van der Waals surface area contributed by atoms with Gasteiger partial charge in [0.2, 0.25) is 0 Å². The molecule has 1 fully saturated rings. The van der Waals surface area contributed by atoms with Gasteiger partial charge < -0.3 is 10.2 Å². The summed E-state index contributed by atoms with van der Waals surface area (Å²) in [5, 5.41) is 11.5. The van der Waals surface area contributed by atoms with Crippen molar-refractivity contribution in [2.45, 2.75) is 31.7 Å². The van der Waals surface area contributed by atoms with E-state index in [-0.39, 0.29) is 0 Å². The zero-order valence-electron chi connectivity index (χ0n) is 14.4. The molecule has 1 aliphatic heterocycles. The lowest BCUT2D eigenvalue weighted by molar-refractivity contribution is 0.217. The topological polar surface area (TPSA) is 69.7 Å². The lowest BCUT2D eigenvalue weighted by atomic mass is 10.0. The Bertz CT molecular complexity index is 792. The van der Waals surface area contributed by atoms with Crippen molar-refractivity contribution in [2.24, 2.45) is 0 Å². The van der Waals surface area contributed by atoms with Gasteiger partial charge in [-0.3, -0.25) is 5.10 Å². The molecule has 3 aromatic rings. The molecule has 6 heteroatoms. The van der Waals surface area contributed by atoms with Gasteiger partial charge in [0.1, 0.15) is 12.1 Å². The van der Waals surface area contributed by atoms with Gasteiger partial charge >= 0.3 is 0 Å². The number of piperidine rings is 1. The first-order valence-corrected chi connectivity index (χ1v) is 9.05. The largest absolute Gasteiger partial charge is 0.367 e. The highest BCUT2D eigenvalue weighted by molar-refractivity contribution is 5.85. The maximum Gasteiger partial charge on any atom is 0.160 e. The quantitative estimate of drug-likeness (QED) is 0.724. The third-order valence-corrected chi connectivity index (χ3v) is 4.96. The van der Waals surface area contributed by atoms with Crippen LogP contribution in [0.1, 0.15) is 24.8 Å². The third-order valence-electron chi connectivity index (χ3n) is 4.96. The minimum absolute atomic E-state index is 0.471. The number of benzene rings is 1. The fraction of sp³-hybridized carbons (Fsp3) is 0.421. The monoisotopic (exact) mass is 336 g/mol. The second-order valence-corrected chi connectivity index (χ2v) is 6.70. The Labute approximate surface area is 147 Å². The molecule has 0 unspecified atom stereocenters. The van der Waals surface area contributed by atoms with E-state index in [0.717, 1.165) is 42.8 Å². The van der Waals surface area contributed by atoms with Crippen molar-refractivity contribution in [1.29, 1.82) is 0 Å².